The Hall–Kier alpha value is -1.10. The zero-order chi connectivity index (χ0) is 14.3. The zero-order valence-electron chi connectivity index (χ0n) is 12.2. The summed E-state index contributed by atoms with van der Waals surface area (Å²) < 4.78 is 0. The van der Waals surface area contributed by atoms with E-state index in [1.54, 1.807) is 7.05 Å². The zero-order valence-corrected chi connectivity index (χ0v) is 12.2. The van der Waals surface area contributed by atoms with E-state index in [0.717, 1.165) is 32.2 Å². The first-order chi connectivity index (χ1) is 9.08. The van der Waals surface area contributed by atoms with Gasteiger partial charge in [0.2, 0.25) is 11.8 Å². The number of rotatable bonds is 6. The second-order valence-electron chi connectivity index (χ2n) is 5.51. The van der Waals surface area contributed by atoms with Crippen LogP contribution in [0, 0.1) is 11.8 Å². The van der Waals surface area contributed by atoms with Crippen LogP contribution in [-0.4, -0.2) is 43.4 Å². The Bertz CT molecular complexity index is 307. The lowest BCUT2D eigenvalue weighted by molar-refractivity contribution is -0.135. The Labute approximate surface area is 115 Å². The van der Waals surface area contributed by atoms with Crippen molar-refractivity contribution in [2.24, 2.45) is 17.6 Å². The summed E-state index contributed by atoms with van der Waals surface area (Å²) >= 11 is 0. The molecule has 0 aliphatic carbocycles. The second-order valence-corrected chi connectivity index (χ2v) is 5.51. The third-order valence-corrected chi connectivity index (χ3v) is 3.90. The predicted octanol–water partition coefficient (Wildman–Crippen LogP) is 0.736. The number of piperidine rings is 1. The van der Waals surface area contributed by atoms with Gasteiger partial charge in [-0.25, -0.2) is 0 Å². The van der Waals surface area contributed by atoms with Crippen LogP contribution in [0.4, 0.5) is 0 Å². The van der Waals surface area contributed by atoms with E-state index in [-0.39, 0.29) is 17.7 Å². The van der Waals surface area contributed by atoms with E-state index in [0.29, 0.717) is 25.4 Å². The molecular formula is C14H27N3O2. The SMILES string of the molecule is CNC(=O)C1CCCN(C(=O)CCC(C)CCN)C1. The number of nitrogens with two attached hydrogens (primary N) is 1. The summed E-state index contributed by atoms with van der Waals surface area (Å²) in [5.41, 5.74) is 5.51. The monoisotopic (exact) mass is 269 g/mol. The number of carbonyl (C=O) groups excluding carboxylic acids is 2. The molecule has 2 amide bonds. The topological polar surface area (TPSA) is 75.4 Å². The van der Waals surface area contributed by atoms with E-state index in [2.05, 4.69) is 12.2 Å². The van der Waals surface area contributed by atoms with E-state index in [1.165, 1.54) is 0 Å². The minimum Gasteiger partial charge on any atom is -0.359 e. The van der Waals surface area contributed by atoms with Crippen molar-refractivity contribution >= 4 is 11.8 Å². The Morgan fingerprint density at radius 1 is 1.42 bits per heavy atom. The van der Waals surface area contributed by atoms with Gasteiger partial charge in [-0.1, -0.05) is 6.92 Å². The molecule has 19 heavy (non-hydrogen) atoms. The molecule has 0 aromatic heterocycles. The summed E-state index contributed by atoms with van der Waals surface area (Å²) in [6.45, 7) is 4.17. The van der Waals surface area contributed by atoms with Crippen molar-refractivity contribution in [1.82, 2.24) is 10.2 Å². The second kappa shape index (κ2) is 8.15. The molecule has 0 aromatic rings. The van der Waals surface area contributed by atoms with Crippen LogP contribution in [-0.2, 0) is 9.59 Å². The van der Waals surface area contributed by atoms with Crippen LogP contribution in [0.3, 0.4) is 0 Å². The van der Waals surface area contributed by atoms with Gasteiger partial charge in [0.25, 0.3) is 0 Å². The lowest BCUT2D eigenvalue weighted by Gasteiger charge is -2.32. The standard InChI is InChI=1S/C14H27N3O2/c1-11(7-8-15)5-6-13(18)17-9-3-4-12(10-17)14(19)16-2/h11-12H,3-10,15H2,1-2H3,(H,16,19). The van der Waals surface area contributed by atoms with E-state index in [4.69, 9.17) is 5.73 Å². The van der Waals surface area contributed by atoms with E-state index in [9.17, 15) is 9.59 Å². The van der Waals surface area contributed by atoms with Crippen LogP contribution in [0.15, 0.2) is 0 Å². The molecule has 1 fully saturated rings. The van der Waals surface area contributed by atoms with Crippen molar-refractivity contribution in [1.29, 1.82) is 0 Å². The van der Waals surface area contributed by atoms with Crippen molar-refractivity contribution in [2.45, 2.75) is 39.0 Å². The number of hydrogen-bond acceptors (Lipinski definition) is 3. The van der Waals surface area contributed by atoms with Gasteiger partial charge < -0.3 is 16.0 Å². The number of nitrogens with zero attached hydrogens (tertiary/aromatic N) is 1. The maximum atomic E-state index is 12.1. The first-order valence-electron chi connectivity index (χ1n) is 7.28. The van der Waals surface area contributed by atoms with Crippen LogP contribution in [0.1, 0.15) is 39.0 Å². The maximum Gasteiger partial charge on any atom is 0.224 e. The average molecular weight is 269 g/mol. The quantitative estimate of drug-likeness (QED) is 0.746. The van der Waals surface area contributed by atoms with E-state index >= 15 is 0 Å². The number of likely N-dealkylation sites (tertiary alicyclic amines) is 1. The first kappa shape index (κ1) is 16.0. The Morgan fingerprint density at radius 2 is 2.16 bits per heavy atom. The van der Waals surface area contributed by atoms with Crippen molar-refractivity contribution in [3.63, 3.8) is 0 Å². The summed E-state index contributed by atoms with van der Waals surface area (Å²) in [4.78, 5) is 25.6. The van der Waals surface area contributed by atoms with Crippen LogP contribution < -0.4 is 11.1 Å². The van der Waals surface area contributed by atoms with Crippen molar-refractivity contribution in [2.75, 3.05) is 26.7 Å². The van der Waals surface area contributed by atoms with Crippen molar-refractivity contribution in [3.05, 3.63) is 0 Å². The molecule has 0 aromatic carbocycles. The van der Waals surface area contributed by atoms with Crippen molar-refractivity contribution in [3.8, 4) is 0 Å². The van der Waals surface area contributed by atoms with Gasteiger partial charge in [0, 0.05) is 26.6 Å². The summed E-state index contributed by atoms with van der Waals surface area (Å²) in [5, 5.41) is 2.67. The van der Waals surface area contributed by atoms with Gasteiger partial charge in [0.15, 0.2) is 0 Å². The largest absolute Gasteiger partial charge is 0.359 e. The van der Waals surface area contributed by atoms with Gasteiger partial charge >= 0.3 is 0 Å². The van der Waals surface area contributed by atoms with Gasteiger partial charge in [-0.15, -0.1) is 0 Å². The lowest BCUT2D eigenvalue weighted by Crippen LogP contribution is -2.44. The maximum absolute atomic E-state index is 12.1. The minimum absolute atomic E-state index is 0.0378. The highest BCUT2D eigenvalue weighted by Crippen LogP contribution is 2.19. The highest BCUT2D eigenvalue weighted by atomic mass is 16.2. The van der Waals surface area contributed by atoms with Gasteiger partial charge in [-0.05, 0) is 38.1 Å². The molecular weight excluding hydrogens is 242 g/mol. The van der Waals surface area contributed by atoms with Gasteiger partial charge in [-0.2, -0.15) is 0 Å². The van der Waals surface area contributed by atoms with Crippen LogP contribution in [0.2, 0.25) is 0 Å². The van der Waals surface area contributed by atoms with E-state index in [1.807, 2.05) is 4.90 Å². The molecule has 3 N–H and O–H groups in total. The third-order valence-electron chi connectivity index (χ3n) is 3.90. The molecule has 0 spiro atoms. The Kier molecular flexibility index (Phi) is 6.84. The lowest BCUT2D eigenvalue weighted by atomic mass is 9.96. The number of amides is 2. The van der Waals surface area contributed by atoms with Gasteiger partial charge in [0.05, 0.1) is 5.92 Å². The fourth-order valence-electron chi connectivity index (χ4n) is 2.58. The number of hydrogen-bond donors (Lipinski definition) is 2. The van der Waals surface area contributed by atoms with Crippen LogP contribution in [0.25, 0.3) is 0 Å². The fourth-order valence-corrected chi connectivity index (χ4v) is 2.58. The molecule has 0 bridgehead atoms. The Balaban J connectivity index is 2.37. The molecule has 110 valence electrons. The molecule has 1 saturated heterocycles. The first-order valence-corrected chi connectivity index (χ1v) is 7.28. The fraction of sp³-hybridized carbons (Fsp3) is 0.857. The highest BCUT2D eigenvalue weighted by molar-refractivity contribution is 5.81. The number of nitrogens with one attached hydrogen (secondary N) is 1. The molecule has 2 unspecified atom stereocenters. The predicted molar refractivity (Wildman–Crippen MR) is 75.4 cm³/mol. The third kappa shape index (κ3) is 5.19. The highest BCUT2D eigenvalue weighted by Gasteiger charge is 2.27. The summed E-state index contributed by atoms with van der Waals surface area (Å²) in [5.74, 6) is 0.684. The average Bonchev–Trinajstić information content (AvgIpc) is 2.44. The van der Waals surface area contributed by atoms with Crippen LogP contribution in [0.5, 0.6) is 0 Å². The molecule has 1 aliphatic rings. The Morgan fingerprint density at radius 3 is 2.79 bits per heavy atom. The summed E-state index contributed by atoms with van der Waals surface area (Å²) in [6.07, 6.45) is 4.22. The van der Waals surface area contributed by atoms with Gasteiger partial charge in [0.1, 0.15) is 0 Å². The summed E-state index contributed by atoms with van der Waals surface area (Å²) in [6, 6.07) is 0. The van der Waals surface area contributed by atoms with Crippen LogP contribution >= 0.6 is 0 Å². The molecule has 0 radical (unpaired) electrons. The van der Waals surface area contributed by atoms with Gasteiger partial charge in [-0.3, -0.25) is 9.59 Å². The summed E-state index contributed by atoms with van der Waals surface area (Å²) in [7, 11) is 1.65. The van der Waals surface area contributed by atoms with E-state index < -0.39 is 0 Å². The molecule has 0 saturated carbocycles. The normalized spacial score (nSPS) is 21.0. The molecule has 1 aliphatic heterocycles. The molecule has 5 heteroatoms. The smallest absolute Gasteiger partial charge is 0.224 e. The molecule has 2 atom stereocenters. The molecule has 1 heterocycles. The molecule has 1 rings (SSSR count). The van der Waals surface area contributed by atoms with Crippen molar-refractivity contribution < 1.29 is 9.59 Å². The number of carbonyl (C=O) groups is 2. The molecule has 5 nitrogen and oxygen atoms in total. The minimum atomic E-state index is -0.0378.